The Bertz CT molecular complexity index is 619. The molecule has 0 saturated heterocycles. The summed E-state index contributed by atoms with van der Waals surface area (Å²) in [5, 5.41) is 4.50. The van der Waals surface area contributed by atoms with Gasteiger partial charge in [-0.1, -0.05) is 12.1 Å². The molecule has 2 aromatic rings. The molecule has 0 bridgehead atoms. The molecule has 2 rings (SSSR count). The summed E-state index contributed by atoms with van der Waals surface area (Å²) in [6.07, 6.45) is 0. The molecule has 3 nitrogen and oxygen atoms in total. The Kier molecular flexibility index (Phi) is 4.45. The van der Waals surface area contributed by atoms with Gasteiger partial charge in [0.15, 0.2) is 0 Å². The van der Waals surface area contributed by atoms with E-state index < -0.39 is 0 Å². The van der Waals surface area contributed by atoms with Crippen LogP contribution >= 0.6 is 11.3 Å². The van der Waals surface area contributed by atoms with E-state index in [0.29, 0.717) is 0 Å². The summed E-state index contributed by atoms with van der Waals surface area (Å²) in [5.41, 5.74) is 4.71. The molecule has 108 valence electrons. The highest BCUT2D eigenvalue weighted by Gasteiger charge is 2.22. The monoisotopic (exact) mass is 290 g/mol. The van der Waals surface area contributed by atoms with Crippen LogP contribution in [0.15, 0.2) is 12.1 Å². The maximum absolute atomic E-state index is 5.65. The van der Waals surface area contributed by atoms with Crippen LogP contribution < -0.4 is 10.1 Å². The third kappa shape index (κ3) is 2.58. The molecule has 0 aliphatic carbocycles. The van der Waals surface area contributed by atoms with E-state index in [1.165, 1.54) is 21.6 Å². The van der Waals surface area contributed by atoms with Crippen molar-refractivity contribution in [3.63, 3.8) is 0 Å². The second kappa shape index (κ2) is 5.94. The highest BCUT2D eigenvalue weighted by Crippen LogP contribution is 2.37. The van der Waals surface area contributed by atoms with Crippen LogP contribution in [0.1, 0.15) is 38.3 Å². The lowest BCUT2D eigenvalue weighted by atomic mass is 9.97. The molecule has 20 heavy (non-hydrogen) atoms. The Labute approximate surface area is 125 Å². The van der Waals surface area contributed by atoms with E-state index in [1.807, 2.05) is 14.0 Å². The summed E-state index contributed by atoms with van der Waals surface area (Å²) in [4.78, 5) is 5.79. The van der Waals surface area contributed by atoms with Crippen LogP contribution in [0, 0.1) is 27.7 Å². The molecular formula is C16H22N2OS. The number of benzene rings is 1. The molecule has 0 amide bonds. The van der Waals surface area contributed by atoms with Crippen LogP contribution in [-0.2, 0) is 0 Å². The van der Waals surface area contributed by atoms with Gasteiger partial charge in [-0.3, -0.25) is 0 Å². The fourth-order valence-electron chi connectivity index (χ4n) is 2.55. The van der Waals surface area contributed by atoms with Gasteiger partial charge in [0, 0.05) is 10.4 Å². The zero-order valence-electron chi connectivity index (χ0n) is 13.0. The molecule has 4 heteroatoms. The fraction of sp³-hybridized carbons (Fsp3) is 0.438. The average Bonchev–Trinajstić information content (AvgIpc) is 2.74. The van der Waals surface area contributed by atoms with Crippen LogP contribution in [-0.4, -0.2) is 19.1 Å². The number of nitrogens with zero attached hydrogens (tertiary/aromatic N) is 1. The standard InChI is InChI=1S/C16H22N2OS/c1-9-7-8-13(15(19-6)10(9)2)14(17-5)16-11(3)18-12(4)20-16/h7-8,14,17H,1-6H3. The van der Waals surface area contributed by atoms with Crippen molar-refractivity contribution in [3.05, 3.63) is 44.4 Å². The van der Waals surface area contributed by atoms with E-state index in [2.05, 4.69) is 43.2 Å². The number of methoxy groups -OCH3 is 1. The van der Waals surface area contributed by atoms with E-state index in [9.17, 15) is 0 Å². The quantitative estimate of drug-likeness (QED) is 0.932. The number of aromatic nitrogens is 1. The van der Waals surface area contributed by atoms with Gasteiger partial charge >= 0.3 is 0 Å². The van der Waals surface area contributed by atoms with Crippen molar-refractivity contribution in [1.82, 2.24) is 10.3 Å². The topological polar surface area (TPSA) is 34.1 Å². The number of ether oxygens (including phenoxy) is 1. The smallest absolute Gasteiger partial charge is 0.127 e. The SMILES string of the molecule is CNC(c1ccc(C)c(C)c1OC)c1sc(C)nc1C. The van der Waals surface area contributed by atoms with Crippen LogP contribution in [0.25, 0.3) is 0 Å². The lowest BCUT2D eigenvalue weighted by Gasteiger charge is -2.21. The van der Waals surface area contributed by atoms with Gasteiger partial charge in [0.1, 0.15) is 5.75 Å². The molecule has 1 N–H and O–H groups in total. The number of hydrogen-bond donors (Lipinski definition) is 1. The normalized spacial score (nSPS) is 12.5. The minimum atomic E-state index is 0.121. The Morgan fingerprint density at radius 2 is 1.90 bits per heavy atom. The van der Waals surface area contributed by atoms with Gasteiger partial charge in [-0.05, 0) is 45.9 Å². The van der Waals surface area contributed by atoms with Crippen molar-refractivity contribution in [1.29, 1.82) is 0 Å². The molecule has 1 atom stereocenters. The molecule has 1 unspecified atom stereocenters. The number of hydrogen-bond acceptors (Lipinski definition) is 4. The highest BCUT2D eigenvalue weighted by molar-refractivity contribution is 7.11. The van der Waals surface area contributed by atoms with E-state index >= 15 is 0 Å². The Hall–Kier alpha value is -1.39. The number of aryl methyl sites for hydroxylation is 3. The summed E-state index contributed by atoms with van der Waals surface area (Å²) in [7, 11) is 3.72. The van der Waals surface area contributed by atoms with Crippen LogP contribution in [0.5, 0.6) is 5.75 Å². The first kappa shape index (κ1) is 15.0. The van der Waals surface area contributed by atoms with Crippen molar-refractivity contribution in [2.24, 2.45) is 0 Å². The minimum absolute atomic E-state index is 0.121. The predicted octanol–water partition coefficient (Wildman–Crippen LogP) is 3.69. The number of nitrogens with one attached hydrogen (secondary N) is 1. The first-order chi connectivity index (χ1) is 9.49. The molecule has 0 spiro atoms. The maximum atomic E-state index is 5.65. The largest absolute Gasteiger partial charge is 0.496 e. The minimum Gasteiger partial charge on any atom is -0.496 e. The van der Waals surface area contributed by atoms with E-state index in [1.54, 1.807) is 18.4 Å². The van der Waals surface area contributed by atoms with Gasteiger partial charge in [0.25, 0.3) is 0 Å². The van der Waals surface area contributed by atoms with E-state index in [0.717, 1.165) is 16.5 Å². The van der Waals surface area contributed by atoms with Crippen molar-refractivity contribution in [2.75, 3.05) is 14.2 Å². The third-order valence-corrected chi connectivity index (χ3v) is 4.85. The molecule has 0 aliphatic rings. The van der Waals surface area contributed by atoms with Gasteiger partial charge < -0.3 is 10.1 Å². The first-order valence-corrected chi connectivity index (χ1v) is 7.56. The molecule has 1 aromatic heterocycles. The van der Waals surface area contributed by atoms with Gasteiger partial charge in [0.2, 0.25) is 0 Å². The predicted molar refractivity (Wildman–Crippen MR) is 85.0 cm³/mol. The van der Waals surface area contributed by atoms with Gasteiger partial charge in [-0.2, -0.15) is 0 Å². The van der Waals surface area contributed by atoms with Crippen molar-refractivity contribution < 1.29 is 4.74 Å². The molecule has 0 radical (unpaired) electrons. The van der Waals surface area contributed by atoms with E-state index in [4.69, 9.17) is 4.74 Å². The zero-order chi connectivity index (χ0) is 14.9. The van der Waals surface area contributed by atoms with Crippen molar-refractivity contribution >= 4 is 11.3 Å². The van der Waals surface area contributed by atoms with Gasteiger partial charge in [-0.25, -0.2) is 4.98 Å². The van der Waals surface area contributed by atoms with Crippen molar-refractivity contribution in [2.45, 2.75) is 33.7 Å². The molecule has 0 aliphatic heterocycles. The lowest BCUT2D eigenvalue weighted by molar-refractivity contribution is 0.402. The van der Waals surface area contributed by atoms with Crippen LogP contribution in [0.3, 0.4) is 0 Å². The summed E-state index contributed by atoms with van der Waals surface area (Å²) in [5.74, 6) is 0.967. The van der Waals surface area contributed by atoms with Crippen LogP contribution in [0.4, 0.5) is 0 Å². The Morgan fingerprint density at radius 3 is 2.40 bits per heavy atom. The molecular weight excluding hydrogens is 268 g/mol. The summed E-state index contributed by atoms with van der Waals surface area (Å²) >= 11 is 1.74. The Morgan fingerprint density at radius 1 is 1.20 bits per heavy atom. The van der Waals surface area contributed by atoms with Gasteiger partial charge in [-0.15, -0.1) is 11.3 Å². The summed E-state index contributed by atoms with van der Waals surface area (Å²) in [6.45, 7) is 8.33. The summed E-state index contributed by atoms with van der Waals surface area (Å²) in [6, 6.07) is 4.42. The van der Waals surface area contributed by atoms with Crippen molar-refractivity contribution in [3.8, 4) is 5.75 Å². The molecule has 1 heterocycles. The van der Waals surface area contributed by atoms with Crippen LogP contribution in [0.2, 0.25) is 0 Å². The molecule has 0 saturated carbocycles. The molecule has 1 aromatic carbocycles. The van der Waals surface area contributed by atoms with Gasteiger partial charge in [0.05, 0.1) is 23.9 Å². The third-order valence-electron chi connectivity index (χ3n) is 3.71. The zero-order valence-corrected chi connectivity index (χ0v) is 13.8. The second-order valence-corrected chi connectivity index (χ2v) is 6.27. The second-order valence-electron chi connectivity index (χ2n) is 5.03. The fourth-order valence-corrected chi connectivity index (χ4v) is 3.61. The first-order valence-electron chi connectivity index (χ1n) is 6.74. The summed E-state index contributed by atoms with van der Waals surface area (Å²) < 4.78 is 5.65. The maximum Gasteiger partial charge on any atom is 0.127 e. The number of thiazole rings is 1. The number of rotatable bonds is 4. The Balaban J connectivity index is 2.58. The highest BCUT2D eigenvalue weighted by atomic mass is 32.1. The van der Waals surface area contributed by atoms with E-state index in [-0.39, 0.29) is 6.04 Å². The average molecular weight is 290 g/mol. The molecule has 0 fully saturated rings. The lowest BCUT2D eigenvalue weighted by Crippen LogP contribution is -2.18.